The van der Waals surface area contributed by atoms with Crippen LogP contribution < -0.4 is 9.47 Å². The summed E-state index contributed by atoms with van der Waals surface area (Å²) in [6.07, 6.45) is 8.00. The van der Waals surface area contributed by atoms with E-state index in [2.05, 4.69) is 16.9 Å². The summed E-state index contributed by atoms with van der Waals surface area (Å²) in [5, 5.41) is 0. The van der Waals surface area contributed by atoms with Crippen LogP contribution in [-0.4, -0.2) is 6.11 Å². The molecule has 40 heavy (non-hydrogen) atoms. The van der Waals surface area contributed by atoms with E-state index in [1.807, 2.05) is 19.1 Å². The molecule has 2 saturated carbocycles. The number of benzene rings is 2. The maximum atomic E-state index is 14.9. The molecule has 0 bridgehead atoms. The van der Waals surface area contributed by atoms with Crippen molar-refractivity contribution in [1.82, 2.24) is 0 Å². The highest BCUT2D eigenvalue weighted by Gasteiger charge is 2.43. The number of ether oxygens (including phenoxy) is 2. The molecular weight excluding hydrogens is 530 g/mol. The second-order valence-corrected chi connectivity index (χ2v) is 10.7. The summed E-state index contributed by atoms with van der Waals surface area (Å²) in [6, 6.07) is 8.09. The van der Waals surface area contributed by atoms with Gasteiger partial charge in [-0.1, -0.05) is 36.4 Å². The quantitative estimate of drug-likeness (QED) is 0.171. The molecule has 2 aliphatic rings. The molecule has 2 aromatic carbocycles. The van der Waals surface area contributed by atoms with E-state index in [4.69, 9.17) is 4.74 Å². The minimum atomic E-state index is -3.54. The number of alkyl halides is 2. The number of rotatable bonds is 9. The van der Waals surface area contributed by atoms with Crippen LogP contribution in [0, 0.1) is 29.4 Å². The van der Waals surface area contributed by atoms with E-state index in [0.29, 0.717) is 36.3 Å². The van der Waals surface area contributed by atoms with E-state index in [1.165, 1.54) is 0 Å². The Labute approximate surface area is 231 Å². The Balaban J connectivity index is 1.28. The lowest BCUT2D eigenvalue weighted by atomic mass is 9.78. The van der Waals surface area contributed by atoms with Crippen LogP contribution in [-0.2, 0) is 0 Å². The summed E-state index contributed by atoms with van der Waals surface area (Å²) < 4.78 is 92.0. The highest BCUT2D eigenvalue weighted by Crippen LogP contribution is 2.41. The van der Waals surface area contributed by atoms with E-state index in [9.17, 15) is 26.3 Å². The second-order valence-electron chi connectivity index (χ2n) is 10.7. The molecule has 2 nitrogen and oxygen atoms in total. The summed E-state index contributed by atoms with van der Waals surface area (Å²) in [5.74, 6) is -2.38. The number of hydrogen-bond donors (Lipinski definition) is 0. The van der Waals surface area contributed by atoms with Crippen molar-refractivity contribution in [3.05, 3.63) is 89.7 Å². The number of allylic oxidation sites excluding steroid dienone is 3. The first kappa shape index (κ1) is 29.8. The summed E-state index contributed by atoms with van der Waals surface area (Å²) in [5.41, 5.74) is 1.52. The number of halogens is 6. The predicted molar refractivity (Wildman–Crippen MR) is 143 cm³/mol. The van der Waals surface area contributed by atoms with E-state index in [1.54, 1.807) is 18.2 Å². The van der Waals surface area contributed by atoms with E-state index >= 15 is 0 Å². The lowest BCUT2D eigenvalue weighted by Gasteiger charge is -2.32. The second kappa shape index (κ2) is 13.5. The van der Waals surface area contributed by atoms with E-state index < -0.39 is 35.4 Å². The molecule has 2 aromatic rings. The van der Waals surface area contributed by atoms with Crippen LogP contribution in [0.4, 0.5) is 26.3 Å². The van der Waals surface area contributed by atoms with Gasteiger partial charge in [0.25, 0.3) is 0 Å². The van der Waals surface area contributed by atoms with Gasteiger partial charge in [0.05, 0.1) is 5.92 Å². The van der Waals surface area contributed by atoms with Crippen molar-refractivity contribution in [3.8, 4) is 11.5 Å². The molecule has 2 fully saturated rings. The van der Waals surface area contributed by atoms with Gasteiger partial charge in [-0.3, -0.25) is 0 Å². The third-order valence-electron chi connectivity index (χ3n) is 7.96. The minimum absolute atomic E-state index is 0.0332. The summed E-state index contributed by atoms with van der Waals surface area (Å²) in [7, 11) is 0. The van der Waals surface area contributed by atoms with Crippen molar-refractivity contribution >= 4 is 6.08 Å². The van der Waals surface area contributed by atoms with E-state index in [-0.39, 0.29) is 30.8 Å². The maximum Gasteiger partial charge on any atom is 0.400 e. The highest BCUT2D eigenvalue weighted by atomic mass is 19.3. The zero-order valence-corrected chi connectivity index (χ0v) is 22.4. The Kier molecular flexibility index (Phi) is 10.0. The standard InChI is InChI=1S/C32H34F6O2/c1-2-3-21-4-9-23(10-5-21)25-13-12-24(28(33)18-25)11-6-22-7-14-26(15-8-22)32(37,38)40-27-16-17-30(29(34)19-27)39-20-31(35)36/h2-3,6,11-13,16-23,26H,4-5,7-10,14-15H2,1H3/b3-2+,11-6+. The molecule has 0 heterocycles. The first-order valence-electron chi connectivity index (χ1n) is 13.8. The van der Waals surface area contributed by atoms with Gasteiger partial charge in [0.2, 0.25) is 0 Å². The molecule has 216 valence electrons. The predicted octanol–water partition coefficient (Wildman–Crippen LogP) is 10.4. The molecule has 2 aliphatic carbocycles. The van der Waals surface area contributed by atoms with Crippen molar-refractivity contribution in [1.29, 1.82) is 0 Å². The largest absolute Gasteiger partial charge is 0.456 e. The van der Waals surface area contributed by atoms with Crippen LogP contribution in [0.3, 0.4) is 0 Å². The Hall–Kier alpha value is -3.16. The Bertz CT molecular complexity index is 1220. The maximum absolute atomic E-state index is 14.9. The van der Waals surface area contributed by atoms with Gasteiger partial charge >= 0.3 is 12.2 Å². The third-order valence-corrected chi connectivity index (χ3v) is 7.96. The topological polar surface area (TPSA) is 18.5 Å². The molecule has 0 aromatic heterocycles. The van der Waals surface area contributed by atoms with Gasteiger partial charge in [-0.05, 0) is 99.8 Å². The molecule has 0 aliphatic heterocycles. The lowest BCUT2D eigenvalue weighted by molar-refractivity contribution is -0.223. The zero-order chi connectivity index (χ0) is 28.7. The fourth-order valence-electron chi connectivity index (χ4n) is 5.73. The van der Waals surface area contributed by atoms with Crippen molar-refractivity contribution in [2.24, 2.45) is 17.8 Å². The smallest absolute Gasteiger partial charge is 0.400 e. The van der Waals surface area contributed by atoms with Crippen LogP contribution in [0.15, 0.2) is 67.0 Å². The van der Waals surface area contributed by atoms with Crippen LogP contribution in [0.1, 0.15) is 75.3 Å². The van der Waals surface area contributed by atoms with Crippen LogP contribution in [0.25, 0.3) is 6.08 Å². The summed E-state index contributed by atoms with van der Waals surface area (Å²) in [6.45, 7) is 2.04. The molecule has 8 heteroatoms. The van der Waals surface area contributed by atoms with Crippen LogP contribution in [0.2, 0.25) is 0 Å². The van der Waals surface area contributed by atoms with Gasteiger partial charge in [0, 0.05) is 11.6 Å². The molecule has 0 spiro atoms. The van der Waals surface area contributed by atoms with Crippen LogP contribution >= 0.6 is 0 Å². The van der Waals surface area contributed by atoms with Gasteiger partial charge in [0.15, 0.2) is 17.8 Å². The van der Waals surface area contributed by atoms with Crippen molar-refractivity contribution < 1.29 is 35.8 Å². The van der Waals surface area contributed by atoms with Gasteiger partial charge < -0.3 is 9.47 Å². The molecule has 0 atom stereocenters. The monoisotopic (exact) mass is 564 g/mol. The molecule has 0 saturated heterocycles. The van der Waals surface area contributed by atoms with Gasteiger partial charge in [-0.15, -0.1) is 0 Å². The molecule has 0 radical (unpaired) electrons. The van der Waals surface area contributed by atoms with Crippen molar-refractivity contribution in [2.75, 3.05) is 0 Å². The molecule has 0 N–H and O–H groups in total. The van der Waals surface area contributed by atoms with Gasteiger partial charge in [0.1, 0.15) is 11.6 Å². The Morgan fingerprint density at radius 1 is 0.825 bits per heavy atom. The Morgan fingerprint density at radius 2 is 1.50 bits per heavy atom. The molecule has 4 rings (SSSR count). The first-order valence-corrected chi connectivity index (χ1v) is 13.8. The van der Waals surface area contributed by atoms with E-state index in [0.717, 1.165) is 43.4 Å². The summed E-state index contributed by atoms with van der Waals surface area (Å²) in [4.78, 5) is 0. The molecule has 0 unspecified atom stereocenters. The fourth-order valence-corrected chi connectivity index (χ4v) is 5.73. The molecule has 0 amide bonds. The highest BCUT2D eigenvalue weighted by molar-refractivity contribution is 5.51. The van der Waals surface area contributed by atoms with Gasteiger partial charge in [-0.2, -0.15) is 17.6 Å². The first-order chi connectivity index (χ1) is 19.1. The average Bonchev–Trinajstić information content (AvgIpc) is 2.92. The average molecular weight is 565 g/mol. The lowest BCUT2D eigenvalue weighted by Crippen LogP contribution is -2.37. The fraction of sp³-hybridized carbons (Fsp3) is 0.438. The van der Waals surface area contributed by atoms with Crippen LogP contribution in [0.5, 0.6) is 11.5 Å². The van der Waals surface area contributed by atoms with Gasteiger partial charge in [-0.25, -0.2) is 8.78 Å². The Morgan fingerprint density at radius 3 is 2.12 bits per heavy atom. The zero-order valence-electron chi connectivity index (χ0n) is 22.4. The SMILES string of the molecule is C/C=C/C1CCC(c2ccc(/C=C/C3CCC(C(F)(F)Oc4ccc(OC=C(F)F)c(F)c4)CC3)c(F)c2)CC1. The normalized spacial score (nSPS) is 23.9. The van der Waals surface area contributed by atoms with Crippen molar-refractivity contribution in [2.45, 2.75) is 70.3 Å². The third kappa shape index (κ3) is 7.95. The molecular formula is C32H34F6O2. The minimum Gasteiger partial charge on any atom is -0.456 e. The summed E-state index contributed by atoms with van der Waals surface area (Å²) >= 11 is 0. The number of hydrogen-bond acceptors (Lipinski definition) is 2. The van der Waals surface area contributed by atoms with Crippen molar-refractivity contribution in [3.63, 3.8) is 0 Å².